The van der Waals surface area contributed by atoms with Gasteiger partial charge in [0, 0.05) is 6.42 Å². The van der Waals surface area contributed by atoms with Gasteiger partial charge in [-0.25, -0.2) is 0 Å². The lowest BCUT2D eigenvalue weighted by molar-refractivity contribution is 0.151. The lowest BCUT2D eigenvalue weighted by Crippen LogP contribution is -2.02. The van der Waals surface area contributed by atoms with Gasteiger partial charge in [0.15, 0.2) is 0 Å². The molecule has 1 radical (unpaired) electrons. The van der Waals surface area contributed by atoms with Gasteiger partial charge in [-0.15, -0.1) is 0 Å². The van der Waals surface area contributed by atoms with Gasteiger partial charge >= 0.3 is 0 Å². The predicted octanol–water partition coefficient (Wildman–Crippen LogP) is 0.682. The van der Waals surface area contributed by atoms with Gasteiger partial charge in [-0.05, 0) is 6.42 Å². The van der Waals surface area contributed by atoms with Crippen LogP contribution in [0.1, 0.15) is 19.8 Å². The molecule has 2 heteroatoms. The highest BCUT2D eigenvalue weighted by Gasteiger charge is 1.95. The highest BCUT2D eigenvalue weighted by molar-refractivity contribution is 4.56. The van der Waals surface area contributed by atoms with E-state index in [-0.39, 0.29) is 6.10 Å². The summed E-state index contributed by atoms with van der Waals surface area (Å²) < 4.78 is 0. The number of aliphatic hydroxyl groups is 2. The monoisotopic (exact) mass is 103 g/mol. The molecule has 0 aromatic rings. The van der Waals surface area contributed by atoms with Crippen molar-refractivity contribution in [3.8, 4) is 0 Å². The van der Waals surface area contributed by atoms with Gasteiger partial charge in [0.05, 0.1) is 12.7 Å². The maximum absolute atomic E-state index is 8.67. The number of rotatable bonds is 3. The Bertz CT molecular complexity index is 37.1. The van der Waals surface area contributed by atoms with Crippen LogP contribution in [0, 0.1) is 6.61 Å². The van der Waals surface area contributed by atoms with Gasteiger partial charge in [0.2, 0.25) is 0 Å². The van der Waals surface area contributed by atoms with E-state index in [0.29, 0.717) is 12.8 Å². The molecule has 0 aliphatic carbocycles. The number of hydrogen-bond donors (Lipinski definition) is 2. The summed E-state index contributed by atoms with van der Waals surface area (Å²) >= 11 is 0. The van der Waals surface area contributed by atoms with Gasteiger partial charge in [-0.2, -0.15) is 0 Å². The second kappa shape index (κ2) is 4.09. The molecule has 1 unspecified atom stereocenters. The van der Waals surface area contributed by atoms with E-state index in [0.717, 1.165) is 6.61 Å². The Labute approximate surface area is 43.8 Å². The molecule has 2 nitrogen and oxygen atoms in total. The fourth-order valence-electron chi connectivity index (χ4n) is 0.288. The van der Waals surface area contributed by atoms with Gasteiger partial charge in [-0.1, -0.05) is 6.92 Å². The van der Waals surface area contributed by atoms with Gasteiger partial charge in [-0.3, -0.25) is 0 Å². The molecule has 0 rings (SSSR count). The summed E-state index contributed by atoms with van der Waals surface area (Å²) in [6, 6.07) is 0. The molecule has 0 bridgehead atoms. The summed E-state index contributed by atoms with van der Waals surface area (Å²) in [7, 11) is 0. The smallest absolute Gasteiger partial charge is 0.0824 e. The molecule has 0 heterocycles. The van der Waals surface area contributed by atoms with Crippen LogP contribution in [0.3, 0.4) is 0 Å². The van der Waals surface area contributed by atoms with Crippen LogP contribution < -0.4 is 0 Å². The topological polar surface area (TPSA) is 40.5 Å². The van der Waals surface area contributed by atoms with Crippen molar-refractivity contribution in [2.24, 2.45) is 0 Å². The Morgan fingerprint density at radius 2 is 2.29 bits per heavy atom. The summed E-state index contributed by atoms with van der Waals surface area (Å²) in [6.07, 6.45) is 0.734. The zero-order chi connectivity index (χ0) is 5.70. The first-order valence-electron chi connectivity index (χ1n) is 2.45. The summed E-state index contributed by atoms with van der Waals surface area (Å²) in [5, 5.41) is 16.7. The maximum atomic E-state index is 8.67. The molecule has 1 atom stereocenters. The minimum Gasteiger partial charge on any atom is -0.393 e. The van der Waals surface area contributed by atoms with E-state index in [1.165, 1.54) is 0 Å². The van der Waals surface area contributed by atoms with Crippen LogP contribution >= 0.6 is 0 Å². The highest BCUT2D eigenvalue weighted by atomic mass is 16.3. The quantitative estimate of drug-likeness (QED) is 0.551. The Hall–Kier alpha value is -0.0800. The third-order valence-electron chi connectivity index (χ3n) is 0.849. The summed E-state index contributed by atoms with van der Waals surface area (Å²) in [4.78, 5) is 0. The molecule has 0 saturated heterocycles. The number of hydrogen-bond acceptors (Lipinski definition) is 2. The Balaban J connectivity index is 2.83. The molecule has 43 valence electrons. The summed E-state index contributed by atoms with van der Waals surface area (Å²) in [5.41, 5.74) is 0. The van der Waals surface area contributed by atoms with E-state index < -0.39 is 0 Å². The molecule has 0 aromatic heterocycles. The van der Waals surface area contributed by atoms with E-state index in [1.807, 2.05) is 6.92 Å². The van der Waals surface area contributed by atoms with Crippen LogP contribution in [0.25, 0.3) is 0 Å². The fourth-order valence-corrected chi connectivity index (χ4v) is 0.288. The van der Waals surface area contributed by atoms with Crippen LogP contribution in [-0.2, 0) is 0 Å². The molecular formula is C5H11O2. The Morgan fingerprint density at radius 1 is 1.71 bits per heavy atom. The second-order valence-electron chi connectivity index (χ2n) is 1.48. The van der Waals surface area contributed by atoms with Crippen LogP contribution in [0.2, 0.25) is 0 Å². The molecule has 0 spiro atoms. The van der Waals surface area contributed by atoms with Crippen molar-refractivity contribution in [2.75, 3.05) is 0 Å². The molecule has 0 amide bonds. The second-order valence-corrected chi connectivity index (χ2v) is 1.48. The molecule has 7 heavy (non-hydrogen) atoms. The lowest BCUT2D eigenvalue weighted by Gasteiger charge is -2.00. The first-order chi connectivity index (χ1) is 3.31. The van der Waals surface area contributed by atoms with Crippen LogP contribution in [0.4, 0.5) is 0 Å². The summed E-state index contributed by atoms with van der Waals surface area (Å²) in [6.45, 7) is 2.85. The average molecular weight is 103 g/mol. The van der Waals surface area contributed by atoms with Crippen LogP contribution in [0.15, 0.2) is 0 Å². The fraction of sp³-hybridized carbons (Fsp3) is 0.800. The van der Waals surface area contributed by atoms with Gasteiger partial charge in [0.25, 0.3) is 0 Å². The molecular weight excluding hydrogens is 92.1 g/mol. The molecule has 0 saturated carbocycles. The average Bonchev–Trinajstić information content (AvgIpc) is 1.68. The molecule has 0 aromatic carbocycles. The minimum atomic E-state index is -0.356. The Kier molecular flexibility index (Phi) is 4.04. The lowest BCUT2D eigenvalue weighted by atomic mass is 10.2. The molecule has 2 N–H and O–H groups in total. The summed E-state index contributed by atoms with van der Waals surface area (Å²) in [5.74, 6) is 0. The van der Waals surface area contributed by atoms with E-state index in [1.54, 1.807) is 0 Å². The van der Waals surface area contributed by atoms with Gasteiger partial charge < -0.3 is 10.2 Å². The first-order valence-corrected chi connectivity index (χ1v) is 2.45. The van der Waals surface area contributed by atoms with E-state index in [4.69, 9.17) is 10.2 Å². The van der Waals surface area contributed by atoms with Crippen molar-refractivity contribution < 1.29 is 10.2 Å². The normalized spacial score (nSPS) is 14.1. The standard InChI is InChI=1S/C5H11O2/c1-2-5(7)3-4-6/h4-7H,2-3H2,1H3. The third kappa shape index (κ3) is 3.76. The van der Waals surface area contributed by atoms with E-state index in [2.05, 4.69) is 0 Å². The van der Waals surface area contributed by atoms with Crippen molar-refractivity contribution in [2.45, 2.75) is 25.9 Å². The predicted molar refractivity (Wildman–Crippen MR) is 27.2 cm³/mol. The van der Waals surface area contributed by atoms with Gasteiger partial charge in [0.1, 0.15) is 0 Å². The largest absolute Gasteiger partial charge is 0.393 e. The highest BCUT2D eigenvalue weighted by Crippen LogP contribution is 1.95. The van der Waals surface area contributed by atoms with Crippen LogP contribution in [-0.4, -0.2) is 16.3 Å². The van der Waals surface area contributed by atoms with Crippen molar-refractivity contribution in [3.63, 3.8) is 0 Å². The molecule has 0 fully saturated rings. The first kappa shape index (κ1) is 6.92. The number of aliphatic hydroxyl groups excluding tert-OH is 2. The zero-order valence-electron chi connectivity index (χ0n) is 4.46. The van der Waals surface area contributed by atoms with E-state index in [9.17, 15) is 0 Å². The SMILES string of the molecule is CCC(O)C[CH]O. The van der Waals surface area contributed by atoms with Crippen molar-refractivity contribution in [1.82, 2.24) is 0 Å². The minimum absolute atomic E-state index is 0.356. The van der Waals surface area contributed by atoms with Crippen molar-refractivity contribution in [1.29, 1.82) is 0 Å². The van der Waals surface area contributed by atoms with Crippen molar-refractivity contribution in [3.05, 3.63) is 6.61 Å². The van der Waals surface area contributed by atoms with E-state index >= 15 is 0 Å². The van der Waals surface area contributed by atoms with Crippen LogP contribution in [0.5, 0.6) is 0 Å². The zero-order valence-corrected chi connectivity index (χ0v) is 4.46. The third-order valence-corrected chi connectivity index (χ3v) is 0.849. The maximum Gasteiger partial charge on any atom is 0.0824 e. The molecule has 0 aliphatic heterocycles. The molecule has 0 aliphatic rings. The van der Waals surface area contributed by atoms with Crippen molar-refractivity contribution >= 4 is 0 Å². The Morgan fingerprint density at radius 3 is 2.43 bits per heavy atom.